The maximum absolute atomic E-state index is 13.3. The fourth-order valence-corrected chi connectivity index (χ4v) is 5.72. The van der Waals surface area contributed by atoms with Gasteiger partial charge in [0.2, 0.25) is 0 Å². The highest BCUT2D eigenvalue weighted by Gasteiger charge is 2.35. The second-order valence-corrected chi connectivity index (χ2v) is 10.8. The van der Waals surface area contributed by atoms with E-state index >= 15 is 0 Å². The molecule has 0 spiro atoms. The predicted octanol–water partition coefficient (Wildman–Crippen LogP) is 4.77. The van der Waals surface area contributed by atoms with Crippen molar-refractivity contribution in [2.45, 2.75) is 69.9 Å². The van der Waals surface area contributed by atoms with Gasteiger partial charge >= 0.3 is 12.1 Å². The Bertz CT molecular complexity index is 835. The Morgan fingerprint density at radius 3 is 2.71 bits per heavy atom. The Balaban J connectivity index is 1.65. The van der Waals surface area contributed by atoms with Crippen LogP contribution in [0, 0.1) is 11.8 Å². The Hall–Kier alpha value is -2.03. The lowest BCUT2D eigenvalue weighted by Crippen LogP contribution is -2.57. The molecule has 1 saturated heterocycles. The molecule has 3 amide bonds. The maximum Gasteiger partial charge on any atom is 0.404 e. The van der Waals surface area contributed by atoms with E-state index in [1.54, 1.807) is 0 Å². The van der Waals surface area contributed by atoms with E-state index < -0.39 is 11.6 Å². The highest BCUT2D eigenvalue weighted by Crippen LogP contribution is 2.34. The first-order chi connectivity index (χ1) is 16.8. The Morgan fingerprint density at radius 2 is 2.03 bits per heavy atom. The van der Waals surface area contributed by atoms with Crippen LogP contribution in [0.4, 0.5) is 9.59 Å². The van der Waals surface area contributed by atoms with Gasteiger partial charge in [-0.05, 0) is 49.8 Å². The lowest BCUT2D eigenvalue weighted by molar-refractivity contribution is -0.00878. The van der Waals surface area contributed by atoms with Crippen molar-refractivity contribution >= 4 is 23.7 Å². The monoisotopic (exact) mass is 508 g/mol. The van der Waals surface area contributed by atoms with Gasteiger partial charge in [-0.2, -0.15) is 0 Å². The van der Waals surface area contributed by atoms with Gasteiger partial charge < -0.3 is 31.1 Å². The topological polar surface area (TPSA) is 117 Å². The van der Waals surface area contributed by atoms with Gasteiger partial charge in [-0.15, -0.1) is 0 Å². The first-order valence-electron chi connectivity index (χ1n) is 12.9. The van der Waals surface area contributed by atoms with E-state index in [-0.39, 0.29) is 31.2 Å². The van der Waals surface area contributed by atoms with Gasteiger partial charge in [-0.25, -0.2) is 9.59 Å². The van der Waals surface area contributed by atoms with Gasteiger partial charge in [0.25, 0.3) is 0 Å². The SMILES string of the molecule is CC(CN)(CC1CCCCC1)NC(=O)N1CCCC(C(OCCNC(=O)O)c2cccc(Cl)c2)C1. The van der Waals surface area contributed by atoms with Crippen LogP contribution < -0.4 is 16.4 Å². The van der Waals surface area contributed by atoms with Gasteiger partial charge in [0, 0.05) is 37.1 Å². The number of benzene rings is 1. The summed E-state index contributed by atoms with van der Waals surface area (Å²) < 4.78 is 6.16. The van der Waals surface area contributed by atoms with E-state index in [9.17, 15) is 9.59 Å². The highest BCUT2D eigenvalue weighted by atomic mass is 35.5. The van der Waals surface area contributed by atoms with E-state index in [1.165, 1.54) is 32.1 Å². The van der Waals surface area contributed by atoms with Crippen molar-refractivity contribution in [1.29, 1.82) is 0 Å². The number of ether oxygens (including phenoxy) is 1. The summed E-state index contributed by atoms with van der Waals surface area (Å²) in [4.78, 5) is 26.0. The van der Waals surface area contributed by atoms with Crippen molar-refractivity contribution in [3.05, 3.63) is 34.9 Å². The van der Waals surface area contributed by atoms with Gasteiger partial charge in [-0.3, -0.25) is 0 Å². The van der Waals surface area contributed by atoms with Crippen molar-refractivity contribution in [3.8, 4) is 0 Å². The van der Waals surface area contributed by atoms with Crippen LogP contribution in [0.1, 0.15) is 70.0 Å². The van der Waals surface area contributed by atoms with E-state index in [4.69, 9.17) is 27.2 Å². The number of halogens is 1. The average molecular weight is 509 g/mol. The summed E-state index contributed by atoms with van der Waals surface area (Å²) in [5.41, 5.74) is 6.66. The van der Waals surface area contributed by atoms with Crippen LogP contribution in [0.2, 0.25) is 5.02 Å². The minimum Gasteiger partial charge on any atom is -0.465 e. The Morgan fingerprint density at radius 1 is 1.26 bits per heavy atom. The number of nitrogens with one attached hydrogen (secondary N) is 2. The number of urea groups is 1. The molecule has 35 heavy (non-hydrogen) atoms. The molecular weight excluding hydrogens is 468 g/mol. The summed E-state index contributed by atoms with van der Waals surface area (Å²) in [6, 6.07) is 7.47. The van der Waals surface area contributed by atoms with Crippen molar-refractivity contribution in [2.75, 3.05) is 32.8 Å². The Labute approximate surface area is 213 Å². The lowest BCUT2D eigenvalue weighted by Gasteiger charge is -2.40. The van der Waals surface area contributed by atoms with E-state index in [2.05, 4.69) is 17.6 Å². The summed E-state index contributed by atoms with van der Waals surface area (Å²) in [7, 11) is 0. The van der Waals surface area contributed by atoms with Crippen molar-refractivity contribution in [1.82, 2.24) is 15.5 Å². The molecule has 196 valence electrons. The number of amides is 3. The molecule has 1 aromatic rings. The smallest absolute Gasteiger partial charge is 0.404 e. The normalized spacial score (nSPS) is 21.7. The molecule has 1 aliphatic carbocycles. The molecule has 8 nitrogen and oxygen atoms in total. The van der Waals surface area contributed by atoms with Gasteiger partial charge in [0.1, 0.15) is 0 Å². The summed E-state index contributed by atoms with van der Waals surface area (Å²) in [5.74, 6) is 0.687. The number of nitrogens with two attached hydrogens (primary N) is 1. The zero-order valence-corrected chi connectivity index (χ0v) is 21.6. The quantitative estimate of drug-likeness (QED) is 0.339. The number of hydrogen-bond donors (Lipinski definition) is 4. The second-order valence-electron chi connectivity index (χ2n) is 10.3. The van der Waals surface area contributed by atoms with Crippen LogP contribution in [0.25, 0.3) is 0 Å². The lowest BCUT2D eigenvalue weighted by atomic mass is 9.80. The van der Waals surface area contributed by atoms with Crippen LogP contribution in [-0.2, 0) is 4.74 Å². The zero-order valence-electron chi connectivity index (χ0n) is 20.8. The highest BCUT2D eigenvalue weighted by molar-refractivity contribution is 6.30. The molecule has 1 aromatic carbocycles. The third-order valence-electron chi connectivity index (χ3n) is 7.35. The minimum atomic E-state index is -1.08. The first-order valence-corrected chi connectivity index (χ1v) is 13.3. The third-order valence-corrected chi connectivity index (χ3v) is 7.58. The number of nitrogens with zero attached hydrogens (tertiary/aromatic N) is 1. The van der Waals surface area contributed by atoms with Crippen molar-refractivity contribution in [3.63, 3.8) is 0 Å². The molecule has 0 bridgehead atoms. The fourth-order valence-electron chi connectivity index (χ4n) is 5.52. The van der Waals surface area contributed by atoms with Crippen LogP contribution in [-0.4, -0.2) is 60.5 Å². The predicted molar refractivity (Wildman–Crippen MR) is 138 cm³/mol. The molecular formula is C26H41ClN4O4. The number of carboxylic acid groups (broad SMARTS) is 1. The molecule has 0 aromatic heterocycles. The van der Waals surface area contributed by atoms with Crippen LogP contribution in [0.3, 0.4) is 0 Å². The van der Waals surface area contributed by atoms with Gasteiger partial charge in [0.05, 0.1) is 18.2 Å². The summed E-state index contributed by atoms with van der Waals surface area (Å²) in [6.07, 6.45) is 7.58. The Kier molecular flexibility index (Phi) is 10.5. The van der Waals surface area contributed by atoms with Gasteiger partial charge in [0.15, 0.2) is 0 Å². The molecule has 5 N–H and O–H groups in total. The number of hydrogen-bond acceptors (Lipinski definition) is 4. The molecule has 1 saturated carbocycles. The van der Waals surface area contributed by atoms with E-state index in [1.807, 2.05) is 29.2 Å². The number of carbonyl (C=O) groups excluding carboxylic acids is 1. The number of carbonyl (C=O) groups is 2. The van der Waals surface area contributed by atoms with Crippen LogP contribution in [0.15, 0.2) is 24.3 Å². The van der Waals surface area contributed by atoms with Crippen LogP contribution in [0.5, 0.6) is 0 Å². The third kappa shape index (κ3) is 8.54. The summed E-state index contributed by atoms with van der Waals surface area (Å²) in [5, 5.41) is 15.1. The first kappa shape index (κ1) is 27.6. The summed E-state index contributed by atoms with van der Waals surface area (Å²) >= 11 is 6.25. The fraction of sp³-hybridized carbons (Fsp3) is 0.692. The van der Waals surface area contributed by atoms with Crippen molar-refractivity contribution < 1.29 is 19.4 Å². The average Bonchev–Trinajstić information content (AvgIpc) is 2.84. The van der Waals surface area contributed by atoms with Crippen LogP contribution >= 0.6 is 11.6 Å². The molecule has 1 aliphatic heterocycles. The minimum absolute atomic E-state index is 0.0697. The standard InChI is InChI=1S/C26H41ClN4O4/c1-26(18-28,16-19-7-3-2-4-8-19)30-24(32)31-13-6-10-21(17-31)23(35-14-12-29-25(33)34)20-9-5-11-22(27)15-20/h5,9,11,15,19,21,23,29H,2-4,6-8,10,12-14,16-18,28H2,1H3,(H,30,32)(H,33,34). The van der Waals surface area contributed by atoms with Gasteiger partial charge in [-0.1, -0.05) is 55.8 Å². The zero-order chi connectivity index (χ0) is 25.3. The molecule has 3 rings (SSSR count). The molecule has 0 radical (unpaired) electrons. The molecule has 1 heterocycles. The maximum atomic E-state index is 13.3. The number of piperidine rings is 1. The molecule has 3 unspecified atom stereocenters. The molecule has 2 fully saturated rings. The summed E-state index contributed by atoms with van der Waals surface area (Å²) in [6.45, 7) is 4.15. The second kappa shape index (κ2) is 13.3. The van der Waals surface area contributed by atoms with E-state index in [0.29, 0.717) is 30.6 Å². The molecule has 2 aliphatic rings. The largest absolute Gasteiger partial charge is 0.465 e. The number of likely N-dealkylation sites (tertiary alicyclic amines) is 1. The molecule has 9 heteroatoms. The van der Waals surface area contributed by atoms with Crippen molar-refractivity contribution in [2.24, 2.45) is 17.6 Å². The number of rotatable bonds is 10. The van der Waals surface area contributed by atoms with E-state index in [0.717, 1.165) is 24.8 Å². The molecule has 3 atom stereocenters.